The van der Waals surface area contributed by atoms with Gasteiger partial charge in [-0.15, -0.1) is 11.8 Å². The van der Waals surface area contributed by atoms with Gasteiger partial charge in [-0.25, -0.2) is 0 Å². The summed E-state index contributed by atoms with van der Waals surface area (Å²) in [5, 5.41) is 4.09. The first-order valence-electron chi connectivity index (χ1n) is 11.5. The van der Waals surface area contributed by atoms with E-state index in [9.17, 15) is 9.59 Å². The van der Waals surface area contributed by atoms with Crippen molar-refractivity contribution in [2.24, 2.45) is 0 Å². The Kier molecular flexibility index (Phi) is 9.96. The molecular weight excluding hydrogens is 475 g/mol. The monoisotopic (exact) mass is 506 g/mol. The topological polar surface area (TPSA) is 49.4 Å². The molecule has 7 heteroatoms. The van der Waals surface area contributed by atoms with E-state index in [1.54, 1.807) is 28.8 Å². The van der Waals surface area contributed by atoms with Gasteiger partial charge in [-0.05, 0) is 49.4 Å². The molecular formula is C26H32Cl2N2O2S. The van der Waals surface area contributed by atoms with E-state index in [1.165, 1.54) is 11.1 Å². The van der Waals surface area contributed by atoms with Crippen molar-refractivity contribution in [3.63, 3.8) is 0 Å². The van der Waals surface area contributed by atoms with Crippen LogP contribution in [0.1, 0.15) is 55.7 Å². The van der Waals surface area contributed by atoms with Crippen molar-refractivity contribution < 1.29 is 9.59 Å². The number of nitrogens with one attached hydrogen (secondary N) is 1. The first-order chi connectivity index (χ1) is 15.9. The fourth-order valence-corrected chi connectivity index (χ4v) is 5.44. The number of amides is 2. The summed E-state index contributed by atoms with van der Waals surface area (Å²) < 4.78 is 0. The number of benzene rings is 2. The molecule has 0 bridgehead atoms. The maximum absolute atomic E-state index is 13.4. The SMILES string of the molecule is CC[C@@H](C(=O)NC1CCCC1)N(Cc1ccc(Cl)c(Cl)c1)C(=O)CSCc1cccc(C)c1. The van der Waals surface area contributed by atoms with E-state index >= 15 is 0 Å². The molecule has 1 aliphatic carbocycles. The van der Waals surface area contributed by atoms with E-state index in [0.717, 1.165) is 37.0 Å². The van der Waals surface area contributed by atoms with Gasteiger partial charge >= 0.3 is 0 Å². The van der Waals surface area contributed by atoms with Crippen molar-refractivity contribution in [3.05, 3.63) is 69.2 Å². The molecule has 1 atom stereocenters. The Hall–Kier alpha value is -1.69. The Morgan fingerprint density at radius 1 is 1.09 bits per heavy atom. The Morgan fingerprint density at radius 2 is 1.85 bits per heavy atom. The lowest BCUT2D eigenvalue weighted by atomic mass is 10.1. The smallest absolute Gasteiger partial charge is 0.243 e. The summed E-state index contributed by atoms with van der Waals surface area (Å²) in [4.78, 5) is 28.2. The first-order valence-corrected chi connectivity index (χ1v) is 13.5. The van der Waals surface area contributed by atoms with Gasteiger partial charge in [0.25, 0.3) is 0 Å². The van der Waals surface area contributed by atoms with E-state index in [1.807, 2.05) is 19.1 Å². The number of thioether (sulfide) groups is 1. The quantitative estimate of drug-likeness (QED) is 0.405. The number of nitrogens with zero attached hydrogens (tertiary/aromatic N) is 1. The van der Waals surface area contributed by atoms with Crippen molar-refractivity contribution in [2.45, 2.75) is 70.3 Å². The lowest BCUT2D eigenvalue weighted by molar-refractivity contribution is -0.139. The van der Waals surface area contributed by atoms with Crippen LogP contribution in [-0.2, 0) is 21.9 Å². The number of halogens is 2. The molecule has 0 saturated heterocycles. The minimum Gasteiger partial charge on any atom is -0.352 e. The Bertz CT molecular complexity index is 963. The van der Waals surface area contributed by atoms with Crippen molar-refractivity contribution in [2.75, 3.05) is 5.75 Å². The van der Waals surface area contributed by atoms with Crippen LogP contribution in [0.4, 0.5) is 0 Å². The molecule has 0 heterocycles. The molecule has 2 amide bonds. The Morgan fingerprint density at radius 3 is 2.52 bits per heavy atom. The standard InChI is InChI=1S/C26H32Cl2N2O2S/c1-3-24(26(32)29-21-9-4-5-10-21)30(15-19-11-12-22(27)23(28)14-19)25(31)17-33-16-20-8-6-7-18(2)13-20/h6-8,11-14,21,24H,3-5,9-10,15-17H2,1-2H3,(H,29,32)/t24-/m0/s1. The van der Waals surface area contributed by atoms with Crippen LogP contribution >= 0.6 is 35.0 Å². The predicted octanol–water partition coefficient (Wildman–Crippen LogP) is 6.40. The lowest BCUT2D eigenvalue weighted by Gasteiger charge is -2.31. The summed E-state index contributed by atoms with van der Waals surface area (Å²) in [5.41, 5.74) is 3.25. The summed E-state index contributed by atoms with van der Waals surface area (Å²) >= 11 is 13.9. The summed E-state index contributed by atoms with van der Waals surface area (Å²) in [5.74, 6) is 0.940. The van der Waals surface area contributed by atoms with Crippen LogP contribution in [0.15, 0.2) is 42.5 Å². The second-order valence-corrected chi connectivity index (χ2v) is 10.5. The van der Waals surface area contributed by atoms with Crippen LogP contribution in [0.25, 0.3) is 0 Å². The average molecular weight is 508 g/mol. The number of rotatable bonds is 10. The van der Waals surface area contributed by atoms with Crippen molar-refractivity contribution in [1.29, 1.82) is 0 Å². The van der Waals surface area contributed by atoms with Crippen molar-refractivity contribution >= 4 is 46.8 Å². The highest BCUT2D eigenvalue weighted by Crippen LogP contribution is 2.25. The first kappa shape index (κ1) is 25.9. The van der Waals surface area contributed by atoms with Crippen molar-refractivity contribution in [3.8, 4) is 0 Å². The summed E-state index contributed by atoms with van der Waals surface area (Å²) in [7, 11) is 0. The van der Waals surface area contributed by atoms with Crippen LogP contribution in [0.3, 0.4) is 0 Å². The highest BCUT2D eigenvalue weighted by molar-refractivity contribution is 7.99. The largest absolute Gasteiger partial charge is 0.352 e. The number of aryl methyl sites for hydroxylation is 1. The number of carbonyl (C=O) groups is 2. The highest BCUT2D eigenvalue weighted by atomic mass is 35.5. The summed E-state index contributed by atoms with van der Waals surface area (Å²) in [6.45, 7) is 4.33. The van der Waals surface area contributed by atoms with Gasteiger partial charge in [-0.1, -0.05) is 78.9 Å². The third kappa shape index (κ3) is 7.66. The lowest BCUT2D eigenvalue weighted by Crippen LogP contribution is -2.51. The average Bonchev–Trinajstić information content (AvgIpc) is 3.29. The Labute approximate surface area is 211 Å². The highest BCUT2D eigenvalue weighted by Gasteiger charge is 2.30. The van der Waals surface area contributed by atoms with E-state index in [0.29, 0.717) is 28.8 Å². The minimum atomic E-state index is -0.521. The molecule has 1 saturated carbocycles. The van der Waals surface area contributed by atoms with Crippen LogP contribution in [0.2, 0.25) is 10.0 Å². The number of hydrogen-bond donors (Lipinski definition) is 1. The van der Waals surface area contributed by atoms with Crippen LogP contribution in [-0.4, -0.2) is 34.6 Å². The van der Waals surface area contributed by atoms with Crippen LogP contribution < -0.4 is 5.32 Å². The van der Waals surface area contributed by atoms with Crippen molar-refractivity contribution in [1.82, 2.24) is 10.2 Å². The van der Waals surface area contributed by atoms with Gasteiger partial charge in [0, 0.05) is 18.3 Å². The van der Waals surface area contributed by atoms with Gasteiger partial charge < -0.3 is 10.2 Å². The maximum atomic E-state index is 13.4. The zero-order valence-electron chi connectivity index (χ0n) is 19.3. The van der Waals surface area contributed by atoms with Gasteiger partial charge in [-0.3, -0.25) is 9.59 Å². The molecule has 2 aromatic rings. The number of carbonyl (C=O) groups excluding carboxylic acids is 2. The Balaban J connectivity index is 1.72. The number of hydrogen-bond acceptors (Lipinski definition) is 3. The fraction of sp³-hybridized carbons (Fsp3) is 0.462. The molecule has 3 rings (SSSR count). The zero-order chi connectivity index (χ0) is 23.8. The molecule has 0 aromatic heterocycles. The van der Waals surface area contributed by atoms with Gasteiger partial charge in [0.15, 0.2) is 0 Å². The van der Waals surface area contributed by atoms with Gasteiger partial charge in [0.05, 0.1) is 15.8 Å². The third-order valence-corrected chi connectivity index (χ3v) is 7.73. The molecule has 178 valence electrons. The predicted molar refractivity (Wildman–Crippen MR) is 139 cm³/mol. The summed E-state index contributed by atoms with van der Waals surface area (Å²) in [6.07, 6.45) is 4.85. The van der Waals surface area contributed by atoms with E-state index in [-0.39, 0.29) is 17.9 Å². The molecule has 0 spiro atoms. The fourth-order valence-electron chi connectivity index (χ4n) is 4.26. The third-order valence-electron chi connectivity index (χ3n) is 6.00. The van der Waals surface area contributed by atoms with Gasteiger partial charge in [0.1, 0.15) is 6.04 Å². The van der Waals surface area contributed by atoms with E-state index < -0.39 is 6.04 Å². The molecule has 0 unspecified atom stereocenters. The molecule has 0 radical (unpaired) electrons. The van der Waals surface area contributed by atoms with Crippen LogP contribution in [0, 0.1) is 6.92 Å². The minimum absolute atomic E-state index is 0.0489. The van der Waals surface area contributed by atoms with Gasteiger partial charge in [0.2, 0.25) is 11.8 Å². The maximum Gasteiger partial charge on any atom is 0.243 e. The van der Waals surface area contributed by atoms with E-state index in [4.69, 9.17) is 23.2 Å². The summed E-state index contributed by atoms with van der Waals surface area (Å²) in [6, 6.07) is 13.3. The molecule has 1 N–H and O–H groups in total. The van der Waals surface area contributed by atoms with Crippen LogP contribution in [0.5, 0.6) is 0 Å². The molecule has 1 fully saturated rings. The molecule has 4 nitrogen and oxygen atoms in total. The zero-order valence-corrected chi connectivity index (χ0v) is 21.6. The normalized spacial score (nSPS) is 14.8. The molecule has 0 aliphatic heterocycles. The van der Waals surface area contributed by atoms with E-state index in [2.05, 4.69) is 30.4 Å². The molecule has 33 heavy (non-hydrogen) atoms. The molecule has 2 aromatic carbocycles. The second kappa shape index (κ2) is 12.7. The molecule has 1 aliphatic rings. The second-order valence-electron chi connectivity index (χ2n) is 8.67. The van der Waals surface area contributed by atoms with Gasteiger partial charge in [-0.2, -0.15) is 0 Å².